The van der Waals surface area contributed by atoms with Crippen LogP contribution in [-0.2, 0) is 32.2 Å². The number of nitrogens with two attached hydrogens (primary N) is 1. The third-order valence-electron chi connectivity index (χ3n) is 4.13. The topological polar surface area (TPSA) is 82.8 Å². The molecule has 0 atom stereocenters. The summed E-state index contributed by atoms with van der Waals surface area (Å²) >= 11 is 0. The second kappa shape index (κ2) is 11.4. The Morgan fingerprint density at radius 3 is 2.64 bits per heavy atom. The molecule has 6 nitrogen and oxygen atoms in total. The van der Waals surface area contributed by atoms with Gasteiger partial charge in [0.15, 0.2) is 0 Å². The molecule has 0 aliphatic carbocycles. The van der Waals surface area contributed by atoms with Crippen LogP contribution in [0, 0.1) is 0 Å². The zero-order chi connectivity index (χ0) is 17.3. The predicted molar refractivity (Wildman–Crippen MR) is 98.7 cm³/mol. The predicted octanol–water partition coefficient (Wildman–Crippen LogP) is 1.79. The van der Waals surface area contributed by atoms with Crippen molar-refractivity contribution in [1.29, 1.82) is 0 Å². The van der Waals surface area contributed by atoms with E-state index in [4.69, 9.17) is 19.9 Å². The van der Waals surface area contributed by atoms with Crippen LogP contribution in [0.15, 0.2) is 24.3 Å². The van der Waals surface area contributed by atoms with E-state index in [2.05, 4.69) is 5.32 Å². The lowest BCUT2D eigenvalue weighted by atomic mass is 9.90. The standard InChI is InChI=1S/C18H28N2O4.ClH/c1-2-22-10-11-24-14-16-5-3-4-15(12-16)13-20-17(21)18(19)6-8-23-9-7-18;/h3-5,12H,2,6-11,13-14,19H2,1H3,(H,20,21);1H. The third-order valence-corrected chi connectivity index (χ3v) is 4.13. The summed E-state index contributed by atoms with van der Waals surface area (Å²) in [7, 11) is 0. The van der Waals surface area contributed by atoms with Gasteiger partial charge in [0.05, 0.1) is 25.4 Å². The Morgan fingerprint density at radius 1 is 1.24 bits per heavy atom. The molecule has 1 aromatic carbocycles. The minimum atomic E-state index is -0.807. The summed E-state index contributed by atoms with van der Waals surface area (Å²) in [5, 5.41) is 2.94. The molecule has 142 valence electrons. The first kappa shape index (κ1) is 21.9. The van der Waals surface area contributed by atoms with Crippen molar-refractivity contribution in [3.63, 3.8) is 0 Å². The van der Waals surface area contributed by atoms with Crippen LogP contribution in [0.3, 0.4) is 0 Å². The lowest BCUT2D eigenvalue weighted by molar-refractivity contribution is -0.129. The van der Waals surface area contributed by atoms with Gasteiger partial charge in [0.25, 0.3) is 0 Å². The molecule has 25 heavy (non-hydrogen) atoms. The molecule has 0 aromatic heterocycles. The molecular formula is C18H29ClN2O4. The average molecular weight is 373 g/mol. The van der Waals surface area contributed by atoms with Crippen molar-refractivity contribution in [1.82, 2.24) is 5.32 Å². The second-order valence-corrected chi connectivity index (χ2v) is 6.02. The van der Waals surface area contributed by atoms with E-state index in [0.717, 1.165) is 11.1 Å². The molecule has 0 unspecified atom stereocenters. The van der Waals surface area contributed by atoms with Crippen molar-refractivity contribution < 1.29 is 19.0 Å². The van der Waals surface area contributed by atoms with Gasteiger partial charge < -0.3 is 25.3 Å². The van der Waals surface area contributed by atoms with E-state index in [9.17, 15) is 4.79 Å². The molecule has 0 bridgehead atoms. The van der Waals surface area contributed by atoms with Crippen LogP contribution in [0.4, 0.5) is 0 Å². The maximum absolute atomic E-state index is 12.3. The number of amides is 1. The van der Waals surface area contributed by atoms with Gasteiger partial charge >= 0.3 is 0 Å². The van der Waals surface area contributed by atoms with Crippen LogP contribution < -0.4 is 11.1 Å². The van der Waals surface area contributed by atoms with Crippen molar-refractivity contribution >= 4 is 18.3 Å². The SMILES string of the molecule is CCOCCOCc1cccc(CNC(=O)C2(N)CCOCC2)c1.Cl. The number of carbonyl (C=O) groups excluding carboxylic acids is 1. The molecular weight excluding hydrogens is 344 g/mol. The van der Waals surface area contributed by atoms with Gasteiger partial charge in [-0.15, -0.1) is 12.4 Å². The quantitative estimate of drug-likeness (QED) is 0.646. The smallest absolute Gasteiger partial charge is 0.240 e. The van der Waals surface area contributed by atoms with Gasteiger partial charge in [-0.25, -0.2) is 0 Å². The molecule has 1 heterocycles. The third kappa shape index (κ3) is 7.30. The molecule has 1 aromatic rings. The Bertz CT molecular complexity index is 522. The Labute approximate surface area is 155 Å². The normalized spacial score (nSPS) is 16.1. The van der Waals surface area contributed by atoms with Crippen LogP contribution in [0.2, 0.25) is 0 Å². The monoisotopic (exact) mass is 372 g/mol. The minimum Gasteiger partial charge on any atom is -0.381 e. The average Bonchev–Trinajstić information content (AvgIpc) is 2.60. The number of ether oxygens (including phenoxy) is 3. The molecule has 1 aliphatic heterocycles. The van der Waals surface area contributed by atoms with Crippen molar-refractivity contribution in [2.45, 2.75) is 38.5 Å². The largest absolute Gasteiger partial charge is 0.381 e. The molecule has 7 heteroatoms. The van der Waals surface area contributed by atoms with E-state index in [-0.39, 0.29) is 18.3 Å². The van der Waals surface area contributed by atoms with Crippen LogP contribution in [0.25, 0.3) is 0 Å². The highest BCUT2D eigenvalue weighted by atomic mass is 35.5. The minimum absolute atomic E-state index is 0. The Kier molecular flexibility index (Phi) is 10.0. The van der Waals surface area contributed by atoms with E-state index >= 15 is 0 Å². The summed E-state index contributed by atoms with van der Waals surface area (Å²) in [4.78, 5) is 12.3. The maximum Gasteiger partial charge on any atom is 0.240 e. The summed E-state index contributed by atoms with van der Waals surface area (Å²) in [5.41, 5.74) is 7.48. The van der Waals surface area contributed by atoms with Crippen LogP contribution in [0.1, 0.15) is 30.9 Å². The van der Waals surface area contributed by atoms with E-state index in [1.54, 1.807) is 0 Å². The van der Waals surface area contributed by atoms with Crippen LogP contribution in [-0.4, -0.2) is 44.5 Å². The van der Waals surface area contributed by atoms with Crippen molar-refractivity contribution in [2.24, 2.45) is 5.73 Å². The summed E-state index contributed by atoms with van der Waals surface area (Å²) in [6.07, 6.45) is 1.12. The molecule has 2 rings (SSSR count). The molecule has 1 amide bonds. The first-order valence-corrected chi connectivity index (χ1v) is 8.52. The number of rotatable bonds is 9. The summed E-state index contributed by atoms with van der Waals surface area (Å²) < 4.78 is 16.1. The highest BCUT2D eigenvalue weighted by Gasteiger charge is 2.35. The van der Waals surface area contributed by atoms with Gasteiger partial charge in [0.2, 0.25) is 5.91 Å². The Morgan fingerprint density at radius 2 is 1.92 bits per heavy atom. The van der Waals surface area contributed by atoms with Crippen LogP contribution >= 0.6 is 12.4 Å². The Hall–Kier alpha value is -1.18. The highest BCUT2D eigenvalue weighted by Crippen LogP contribution is 2.18. The Balaban J connectivity index is 0.00000312. The molecule has 0 saturated carbocycles. The molecule has 1 fully saturated rings. The fourth-order valence-electron chi connectivity index (χ4n) is 2.60. The molecule has 1 aliphatic rings. The van der Waals surface area contributed by atoms with Gasteiger partial charge in [-0.05, 0) is 30.9 Å². The van der Waals surface area contributed by atoms with Gasteiger partial charge in [0, 0.05) is 26.4 Å². The summed E-state index contributed by atoms with van der Waals surface area (Å²) in [5.74, 6) is -0.107. The van der Waals surface area contributed by atoms with Crippen molar-refractivity contribution in [3.8, 4) is 0 Å². The lowest BCUT2D eigenvalue weighted by Gasteiger charge is -2.31. The number of hydrogen-bond donors (Lipinski definition) is 2. The second-order valence-electron chi connectivity index (χ2n) is 6.02. The number of hydrogen-bond acceptors (Lipinski definition) is 5. The molecule has 0 spiro atoms. The zero-order valence-corrected chi connectivity index (χ0v) is 15.6. The van der Waals surface area contributed by atoms with Crippen molar-refractivity contribution in [2.75, 3.05) is 33.0 Å². The van der Waals surface area contributed by atoms with Gasteiger partial charge in [-0.2, -0.15) is 0 Å². The number of benzene rings is 1. The van der Waals surface area contributed by atoms with Gasteiger partial charge in [-0.3, -0.25) is 4.79 Å². The summed E-state index contributed by atoms with van der Waals surface area (Å²) in [6.45, 7) is 5.92. The first-order chi connectivity index (χ1) is 11.6. The number of halogens is 1. The van der Waals surface area contributed by atoms with Crippen molar-refractivity contribution in [3.05, 3.63) is 35.4 Å². The van der Waals surface area contributed by atoms with Gasteiger partial charge in [0.1, 0.15) is 0 Å². The van der Waals surface area contributed by atoms with E-state index in [1.165, 1.54) is 0 Å². The maximum atomic E-state index is 12.3. The summed E-state index contributed by atoms with van der Waals surface area (Å²) in [6, 6.07) is 8.00. The fraction of sp³-hybridized carbons (Fsp3) is 0.611. The van der Waals surface area contributed by atoms with Gasteiger partial charge in [-0.1, -0.05) is 24.3 Å². The molecule has 1 saturated heterocycles. The lowest BCUT2D eigenvalue weighted by Crippen LogP contribution is -2.56. The number of carbonyl (C=O) groups is 1. The molecule has 3 N–H and O–H groups in total. The van der Waals surface area contributed by atoms with Crippen LogP contribution in [0.5, 0.6) is 0 Å². The van der Waals surface area contributed by atoms with E-state index < -0.39 is 5.54 Å². The van der Waals surface area contributed by atoms with E-state index in [0.29, 0.717) is 59.0 Å². The fourth-order valence-corrected chi connectivity index (χ4v) is 2.60. The van der Waals surface area contributed by atoms with E-state index in [1.807, 2.05) is 31.2 Å². The molecule has 0 radical (unpaired) electrons. The number of nitrogens with one attached hydrogen (secondary N) is 1. The zero-order valence-electron chi connectivity index (χ0n) is 14.8. The highest BCUT2D eigenvalue weighted by molar-refractivity contribution is 5.86. The first-order valence-electron chi connectivity index (χ1n) is 8.52.